The van der Waals surface area contributed by atoms with Gasteiger partial charge in [0, 0.05) is 36.6 Å². The molecule has 5 rings (SSSR count). The number of amides is 1. The van der Waals surface area contributed by atoms with Gasteiger partial charge in [-0.15, -0.1) is 0 Å². The third kappa shape index (κ3) is 5.35. The molecule has 0 saturated carbocycles. The first kappa shape index (κ1) is 28.5. The fourth-order valence-electron chi connectivity index (χ4n) is 5.03. The Labute approximate surface area is 235 Å². The van der Waals surface area contributed by atoms with Crippen LogP contribution >= 0.6 is 11.6 Å². The lowest BCUT2D eigenvalue weighted by Gasteiger charge is -2.24. The van der Waals surface area contributed by atoms with Gasteiger partial charge in [-0.05, 0) is 48.7 Å². The van der Waals surface area contributed by atoms with E-state index >= 15 is 4.39 Å². The summed E-state index contributed by atoms with van der Waals surface area (Å²) in [4.78, 5) is 30.6. The third-order valence-corrected chi connectivity index (χ3v) is 7.53. The van der Waals surface area contributed by atoms with Crippen molar-refractivity contribution in [1.82, 2.24) is 19.3 Å². The van der Waals surface area contributed by atoms with Crippen LogP contribution in [0, 0.1) is 11.7 Å². The molecule has 0 aliphatic carbocycles. The average Bonchev–Trinajstić information content (AvgIpc) is 3.28. The van der Waals surface area contributed by atoms with Crippen molar-refractivity contribution < 1.29 is 26.7 Å². The molecular formula is C28H23ClF5N5O2. The second kappa shape index (κ2) is 10.7. The number of hydrogen-bond donors (Lipinski definition) is 1. The van der Waals surface area contributed by atoms with Gasteiger partial charge in [0.2, 0.25) is 5.91 Å². The summed E-state index contributed by atoms with van der Waals surface area (Å²) in [7, 11) is 1.67. The Morgan fingerprint density at radius 3 is 2.54 bits per heavy atom. The zero-order valence-electron chi connectivity index (χ0n) is 21.7. The fourth-order valence-corrected chi connectivity index (χ4v) is 5.19. The zero-order chi connectivity index (χ0) is 29.6. The molecule has 3 unspecified atom stereocenters. The number of anilines is 1. The van der Waals surface area contributed by atoms with Gasteiger partial charge in [-0.2, -0.15) is 18.3 Å². The van der Waals surface area contributed by atoms with Gasteiger partial charge in [-0.25, -0.2) is 8.78 Å². The van der Waals surface area contributed by atoms with Crippen LogP contribution < -0.4 is 10.9 Å². The molecule has 3 atom stereocenters. The number of nitrogens with zero attached hydrogens (tertiary/aromatic N) is 4. The molecule has 1 aromatic carbocycles. The van der Waals surface area contributed by atoms with Crippen LogP contribution in [0.2, 0.25) is 5.02 Å². The second-order valence-electron chi connectivity index (χ2n) is 9.83. The minimum absolute atomic E-state index is 0.0338. The van der Waals surface area contributed by atoms with E-state index in [0.717, 1.165) is 12.1 Å². The predicted octanol–water partition coefficient (Wildman–Crippen LogP) is 6.42. The van der Waals surface area contributed by atoms with Crippen molar-refractivity contribution in [1.29, 1.82) is 0 Å². The topological polar surface area (TPSA) is 81.8 Å². The standard InChI is InChI=1S/C28H23ClF5N5O2/c1-14-19(30)5-6-22(20-11-16(7-9-35-20)26-21(37-27(14)41)13-36-38(26)2)39-10-8-15(12-23(39)40)24-17(28(32,33)34)3-4-18(29)25(24)31/h3-4,7-14,19,22H,5-6H2,1-2H3,(H,37,41). The first-order chi connectivity index (χ1) is 19.4. The van der Waals surface area contributed by atoms with Crippen molar-refractivity contribution in [2.24, 2.45) is 13.0 Å². The first-order valence-corrected chi connectivity index (χ1v) is 13.0. The van der Waals surface area contributed by atoms with Gasteiger partial charge in [0.25, 0.3) is 5.56 Å². The summed E-state index contributed by atoms with van der Waals surface area (Å²) in [6, 6.07) is 6.02. The van der Waals surface area contributed by atoms with Crippen LogP contribution in [-0.4, -0.2) is 31.4 Å². The molecule has 1 amide bonds. The number of benzene rings is 1. The molecular weight excluding hydrogens is 569 g/mol. The van der Waals surface area contributed by atoms with Gasteiger partial charge in [0.05, 0.1) is 45.8 Å². The molecule has 214 valence electrons. The Bertz CT molecular complexity index is 1700. The zero-order valence-corrected chi connectivity index (χ0v) is 22.5. The molecule has 0 saturated heterocycles. The maximum Gasteiger partial charge on any atom is 0.417 e. The van der Waals surface area contributed by atoms with Gasteiger partial charge in [0.1, 0.15) is 12.0 Å². The highest BCUT2D eigenvalue weighted by molar-refractivity contribution is 6.31. The minimum atomic E-state index is -4.91. The van der Waals surface area contributed by atoms with Gasteiger partial charge >= 0.3 is 6.18 Å². The Hall–Kier alpha value is -4.06. The van der Waals surface area contributed by atoms with E-state index in [4.69, 9.17) is 11.6 Å². The summed E-state index contributed by atoms with van der Waals surface area (Å²) in [5.41, 5.74) is -1.32. The monoisotopic (exact) mass is 591 g/mol. The SMILES string of the molecule is CC1C(=O)Nc2cnn(C)c2-c2ccnc(c2)C(n2ccc(-c3c(C(F)(F)F)ccc(Cl)c3F)cc2=O)CCC1F. The van der Waals surface area contributed by atoms with Crippen molar-refractivity contribution in [2.45, 2.75) is 38.2 Å². The van der Waals surface area contributed by atoms with Crippen LogP contribution in [0.15, 0.2) is 59.8 Å². The highest BCUT2D eigenvalue weighted by Gasteiger charge is 2.36. The summed E-state index contributed by atoms with van der Waals surface area (Å²) in [5, 5.41) is 6.40. The Kier molecular flexibility index (Phi) is 7.45. The molecule has 41 heavy (non-hydrogen) atoms. The van der Waals surface area contributed by atoms with E-state index in [2.05, 4.69) is 15.4 Å². The number of fused-ring (bicyclic) bond motifs is 4. The molecule has 0 radical (unpaired) electrons. The van der Waals surface area contributed by atoms with Gasteiger partial charge < -0.3 is 9.88 Å². The molecule has 4 aromatic rings. The lowest BCUT2D eigenvalue weighted by molar-refractivity contribution is -0.137. The number of aromatic nitrogens is 4. The molecule has 0 spiro atoms. The van der Waals surface area contributed by atoms with Gasteiger partial charge in [-0.1, -0.05) is 18.5 Å². The maximum atomic E-state index is 15.2. The van der Waals surface area contributed by atoms with Crippen molar-refractivity contribution in [3.8, 4) is 22.4 Å². The van der Waals surface area contributed by atoms with Crippen LogP contribution in [0.1, 0.15) is 37.1 Å². The van der Waals surface area contributed by atoms with Crippen molar-refractivity contribution in [3.63, 3.8) is 0 Å². The highest BCUT2D eigenvalue weighted by Crippen LogP contribution is 2.40. The molecule has 0 fully saturated rings. The van der Waals surface area contributed by atoms with Crippen LogP contribution in [0.4, 0.5) is 27.6 Å². The van der Waals surface area contributed by atoms with Crippen molar-refractivity contribution in [3.05, 3.63) is 87.4 Å². The lowest BCUT2D eigenvalue weighted by Crippen LogP contribution is -2.30. The summed E-state index contributed by atoms with van der Waals surface area (Å²) in [6.45, 7) is 1.45. The molecule has 13 heteroatoms. The number of aryl methyl sites for hydroxylation is 1. The predicted molar refractivity (Wildman–Crippen MR) is 143 cm³/mol. The number of pyridine rings is 2. The molecule has 2 bridgehead atoms. The molecule has 1 N–H and O–H groups in total. The van der Waals surface area contributed by atoms with E-state index in [0.29, 0.717) is 28.7 Å². The van der Waals surface area contributed by atoms with Gasteiger partial charge in [-0.3, -0.25) is 19.3 Å². The smallest absolute Gasteiger partial charge is 0.323 e. The third-order valence-electron chi connectivity index (χ3n) is 7.24. The van der Waals surface area contributed by atoms with E-state index in [1.165, 1.54) is 40.8 Å². The molecule has 3 aromatic heterocycles. The van der Waals surface area contributed by atoms with E-state index in [-0.39, 0.29) is 18.4 Å². The molecule has 1 aliphatic rings. The van der Waals surface area contributed by atoms with Crippen LogP contribution in [0.25, 0.3) is 22.4 Å². The van der Waals surface area contributed by atoms with E-state index in [1.54, 1.807) is 19.2 Å². The maximum absolute atomic E-state index is 15.2. The largest absolute Gasteiger partial charge is 0.417 e. The van der Waals surface area contributed by atoms with E-state index < -0.39 is 57.7 Å². The first-order valence-electron chi connectivity index (χ1n) is 12.6. The van der Waals surface area contributed by atoms with Crippen molar-refractivity contribution in [2.75, 3.05) is 5.32 Å². The van der Waals surface area contributed by atoms with Gasteiger partial charge in [0.15, 0.2) is 0 Å². The molecule has 1 aliphatic heterocycles. The summed E-state index contributed by atoms with van der Waals surface area (Å²) < 4.78 is 73.9. The van der Waals surface area contributed by atoms with Crippen LogP contribution in [-0.2, 0) is 18.0 Å². The summed E-state index contributed by atoms with van der Waals surface area (Å²) >= 11 is 5.77. The van der Waals surface area contributed by atoms with E-state index in [1.807, 2.05) is 0 Å². The normalized spacial score (nSPS) is 19.6. The van der Waals surface area contributed by atoms with Crippen LogP contribution in [0.3, 0.4) is 0 Å². The number of rotatable bonds is 2. The van der Waals surface area contributed by atoms with Crippen LogP contribution in [0.5, 0.6) is 0 Å². The summed E-state index contributed by atoms with van der Waals surface area (Å²) in [5.74, 6) is -2.87. The Morgan fingerprint density at radius 2 is 1.83 bits per heavy atom. The second-order valence-corrected chi connectivity index (χ2v) is 10.2. The Balaban J connectivity index is 1.65. The van der Waals surface area contributed by atoms with E-state index in [9.17, 15) is 27.2 Å². The fraction of sp³-hybridized carbons (Fsp3) is 0.286. The minimum Gasteiger partial charge on any atom is -0.323 e. The highest BCUT2D eigenvalue weighted by atomic mass is 35.5. The molecule has 7 nitrogen and oxygen atoms in total. The molecule has 4 heterocycles. The number of carbonyl (C=O) groups is 1. The lowest BCUT2D eigenvalue weighted by atomic mass is 9.95. The number of halogens is 6. The number of hydrogen-bond acceptors (Lipinski definition) is 4. The Morgan fingerprint density at radius 1 is 1.07 bits per heavy atom. The van der Waals surface area contributed by atoms with Crippen molar-refractivity contribution >= 4 is 23.2 Å². The number of alkyl halides is 4. The summed E-state index contributed by atoms with van der Waals surface area (Å²) in [6.07, 6.45) is -2.41. The number of nitrogens with one attached hydrogen (secondary N) is 1. The quantitative estimate of drug-likeness (QED) is 0.273. The number of carbonyl (C=O) groups excluding carboxylic acids is 1. The average molecular weight is 592 g/mol.